The Bertz CT molecular complexity index is 1010. The third kappa shape index (κ3) is 3.17. The number of H-pyrrole nitrogens is 1. The molecule has 1 aliphatic rings. The fourth-order valence-corrected chi connectivity index (χ4v) is 4.38. The highest BCUT2D eigenvalue weighted by molar-refractivity contribution is 5.89. The van der Waals surface area contributed by atoms with Crippen molar-refractivity contribution in [3.63, 3.8) is 0 Å². The molecule has 3 aromatic rings. The summed E-state index contributed by atoms with van der Waals surface area (Å²) >= 11 is 0. The molecular formula is C23H24N2O3. The first-order valence-corrected chi connectivity index (χ1v) is 9.60. The van der Waals surface area contributed by atoms with Crippen LogP contribution in [0.25, 0.3) is 10.9 Å². The summed E-state index contributed by atoms with van der Waals surface area (Å²) in [7, 11) is 1.38. The number of ether oxygens (including phenoxy) is 1. The van der Waals surface area contributed by atoms with Crippen molar-refractivity contribution in [2.24, 2.45) is 0 Å². The number of rotatable bonds is 4. The van der Waals surface area contributed by atoms with Gasteiger partial charge in [0.05, 0.1) is 13.2 Å². The van der Waals surface area contributed by atoms with Crippen molar-refractivity contribution in [1.29, 1.82) is 0 Å². The molecule has 28 heavy (non-hydrogen) atoms. The number of methoxy groups -OCH3 is 1. The van der Waals surface area contributed by atoms with Crippen molar-refractivity contribution in [2.45, 2.75) is 38.3 Å². The van der Waals surface area contributed by atoms with Crippen LogP contribution in [0.5, 0.6) is 0 Å². The first-order chi connectivity index (χ1) is 13.6. The molecule has 0 saturated heterocycles. The van der Waals surface area contributed by atoms with Crippen LogP contribution in [0.3, 0.4) is 0 Å². The lowest BCUT2D eigenvalue weighted by Gasteiger charge is -2.40. The summed E-state index contributed by atoms with van der Waals surface area (Å²) in [6.45, 7) is 1.53. The molecule has 5 heteroatoms. The highest BCUT2D eigenvalue weighted by Gasteiger charge is 2.41. The van der Waals surface area contributed by atoms with E-state index in [2.05, 4.69) is 23.2 Å². The number of para-hydroxylation sites is 1. The topological polar surface area (TPSA) is 62.4 Å². The van der Waals surface area contributed by atoms with Crippen molar-refractivity contribution >= 4 is 22.8 Å². The average molecular weight is 376 g/mol. The fourth-order valence-electron chi connectivity index (χ4n) is 4.38. The summed E-state index contributed by atoms with van der Waals surface area (Å²) in [5, 5.41) is 1.11. The van der Waals surface area contributed by atoms with E-state index in [1.165, 1.54) is 19.6 Å². The Morgan fingerprint density at radius 3 is 2.54 bits per heavy atom. The van der Waals surface area contributed by atoms with Gasteiger partial charge in [-0.15, -0.1) is 0 Å². The van der Waals surface area contributed by atoms with E-state index in [0.717, 1.165) is 35.0 Å². The number of hydrogen-bond acceptors (Lipinski definition) is 3. The van der Waals surface area contributed by atoms with Crippen LogP contribution in [0.15, 0.2) is 54.6 Å². The molecule has 1 N–H and O–H groups in total. The van der Waals surface area contributed by atoms with Crippen LogP contribution in [-0.2, 0) is 27.2 Å². The van der Waals surface area contributed by atoms with Gasteiger partial charge < -0.3 is 14.6 Å². The number of aromatic amines is 1. The summed E-state index contributed by atoms with van der Waals surface area (Å²) in [6.07, 6.45) is 2.02. The van der Waals surface area contributed by atoms with E-state index in [-0.39, 0.29) is 17.9 Å². The highest BCUT2D eigenvalue weighted by Crippen LogP contribution is 2.39. The average Bonchev–Trinajstić information content (AvgIpc) is 3.10. The summed E-state index contributed by atoms with van der Waals surface area (Å²) in [6, 6.07) is 17.5. The third-order valence-corrected chi connectivity index (χ3v) is 5.64. The van der Waals surface area contributed by atoms with Gasteiger partial charge in [-0.05, 0) is 30.0 Å². The van der Waals surface area contributed by atoms with Crippen molar-refractivity contribution in [3.8, 4) is 0 Å². The Kier molecular flexibility index (Phi) is 4.90. The molecule has 0 radical (unpaired) electrons. The second-order valence-electron chi connectivity index (χ2n) is 7.27. The van der Waals surface area contributed by atoms with Gasteiger partial charge in [0.1, 0.15) is 6.04 Å². The maximum absolute atomic E-state index is 12.6. The monoisotopic (exact) mass is 376 g/mol. The number of carbonyl (C=O) groups is 2. The van der Waals surface area contributed by atoms with E-state index in [1.807, 2.05) is 36.4 Å². The predicted molar refractivity (Wildman–Crippen MR) is 108 cm³/mol. The summed E-state index contributed by atoms with van der Waals surface area (Å²) in [5.74, 6) is -0.478. The number of esters is 1. The molecule has 0 spiro atoms. The molecule has 1 amide bonds. The first kappa shape index (κ1) is 18.3. The van der Waals surface area contributed by atoms with Gasteiger partial charge in [0.2, 0.25) is 5.91 Å². The Morgan fingerprint density at radius 2 is 1.82 bits per heavy atom. The zero-order valence-corrected chi connectivity index (χ0v) is 16.1. The van der Waals surface area contributed by atoms with E-state index >= 15 is 0 Å². The number of fused-ring (bicyclic) bond motifs is 3. The zero-order chi connectivity index (χ0) is 19.7. The Morgan fingerprint density at radius 1 is 1.11 bits per heavy atom. The molecule has 1 aromatic heterocycles. The molecule has 0 aliphatic carbocycles. The lowest BCUT2D eigenvalue weighted by atomic mass is 9.88. The van der Waals surface area contributed by atoms with Crippen LogP contribution >= 0.6 is 0 Å². The summed E-state index contributed by atoms with van der Waals surface area (Å²) in [5.41, 5.74) is 4.39. The van der Waals surface area contributed by atoms with E-state index in [9.17, 15) is 9.59 Å². The maximum atomic E-state index is 12.6. The molecule has 0 unspecified atom stereocenters. The molecule has 0 bridgehead atoms. The van der Waals surface area contributed by atoms with Crippen molar-refractivity contribution in [3.05, 3.63) is 71.4 Å². The number of benzene rings is 2. The molecule has 0 fully saturated rings. The lowest BCUT2D eigenvalue weighted by Crippen LogP contribution is -2.51. The zero-order valence-electron chi connectivity index (χ0n) is 16.1. The fraction of sp³-hybridized carbons (Fsp3) is 0.304. The van der Waals surface area contributed by atoms with Crippen LogP contribution in [0.1, 0.15) is 36.2 Å². The Labute approximate surface area is 164 Å². The standard InChI is InChI=1S/C23H24N2O3/c1-15(26)25-20(13-12-16-8-4-3-5-9-16)22-18(14-21(25)23(27)28-2)17-10-6-7-11-19(17)24-22/h3-11,20-21,24H,12-14H2,1-2H3/t20-,21+/m0/s1. The van der Waals surface area contributed by atoms with Gasteiger partial charge in [-0.3, -0.25) is 4.79 Å². The molecule has 2 aromatic carbocycles. The normalized spacial score (nSPS) is 18.7. The van der Waals surface area contributed by atoms with Gasteiger partial charge in [-0.1, -0.05) is 48.5 Å². The molecule has 1 aliphatic heterocycles. The first-order valence-electron chi connectivity index (χ1n) is 9.60. The largest absolute Gasteiger partial charge is 0.467 e. The van der Waals surface area contributed by atoms with Gasteiger partial charge in [-0.2, -0.15) is 0 Å². The number of amides is 1. The van der Waals surface area contributed by atoms with Crippen molar-refractivity contribution in [1.82, 2.24) is 9.88 Å². The Balaban J connectivity index is 1.79. The minimum atomic E-state index is -0.602. The maximum Gasteiger partial charge on any atom is 0.328 e. The molecule has 5 nitrogen and oxygen atoms in total. The van der Waals surface area contributed by atoms with Gasteiger partial charge in [0.15, 0.2) is 0 Å². The number of carbonyl (C=O) groups excluding carboxylic acids is 2. The minimum Gasteiger partial charge on any atom is -0.467 e. The SMILES string of the molecule is COC(=O)[C@H]1Cc2c([nH]c3ccccc23)[C@H](CCc2ccccc2)N1C(C)=O. The van der Waals surface area contributed by atoms with Gasteiger partial charge >= 0.3 is 5.97 Å². The Hall–Kier alpha value is -3.08. The van der Waals surface area contributed by atoms with Gasteiger partial charge in [-0.25, -0.2) is 4.79 Å². The minimum absolute atomic E-state index is 0.113. The number of nitrogens with zero attached hydrogens (tertiary/aromatic N) is 1. The van der Waals surface area contributed by atoms with Crippen LogP contribution < -0.4 is 0 Å². The number of aryl methyl sites for hydroxylation is 1. The third-order valence-electron chi connectivity index (χ3n) is 5.64. The number of aromatic nitrogens is 1. The highest BCUT2D eigenvalue weighted by atomic mass is 16.5. The second kappa shape index (κ2) is 7.50. The van der Waals surface area contributed by atoms with Gasteiger partial charge in [0, 0.05) is 29.9 Å². The quantitative estimate of drug-likeness (QED) is 0.705. The molecule has 0 saturated carbocycles. The second-order valence-corrected chi connectivity index (χ2v) is 7.27. The molecule has 2 heterocycles. The predicted octanol–water partition coefficient (Wildman–Crippen LogP) is 3.79. The molecule has 2 atom stereocenters. The summed E-state index contributed by atoms with van der Waals surface area (Å²) in [4.78, 5) is 30.3. The number of hydrogen-bond donors (Lipinski definition) is 1. The van der Waals surface area contributed by atoms with Crippen LogP contribution in [-0.4, -0.2) is 34.9 Å². The van der Waals surface area contributed by atoms with E-state index in [4.69, 9.17) is 4.74 Å². The molecule has 4 rings (SSSR count). The lowest BCUT2D eigenvalue weighted by molar-refractivity contribution is -0.155. The van der Waals surface area contributed by atoms with E-state index < -0.39 is 6.04 Å². The van der Waals surface area contributed by atoms with Crippen molar-refractivity contribution in [2.75, 3.05) is 7.11 Å². The van der Waals surface area contributed by atoms with E-state index in [1.54, 1.807) is 4.90 Å². The molecule has 144 valence electrons. The molecular weight excluding hydrogens is 352 g/mol. The van der Waals surface area contributed by atoms with Crippen LogP contribution in [0.2, 0.25) is 0 Å². The van der Waals surface area contributed by atoms with Crippen molar-refractivity contribution < 1.29 is 14.3 Å². The number of nitrogens with one attached hydrogen (secondary N) is 1. The van der Waals surface area contributed by atoms with Crippen LogP contribution in [0, 0.1) is 0 Å². The van der Waals surface area contributed by atoms with Gasteiger partial charge in [0.25, 0.3) is 0 Å². The van der Waals surface area contributed by atoms with E-state index in [0.29, 0.717) is 6.42 Å². The summed E-state index contributed by atoms with van der Waals surface area (Å²) < 4.78 is 5.04. The van der Waals surface area contributed by atoms with Crippen LogP contribution in [0.4, 0.5) is 0 Å². The smallest absolute Gasteiger partial charge is 0.328 e.